The zero-order valence-electron chi connectivity index (χ0n) is 11.5. The SMILES string of the molecule is CNCc1c(C)nn(C)c1Oc1ccc(CO)cc1. The number of hydrogen-bond acceptors (Lipinski definition) is 4. The summed E-state index contributed by atoms with van der Waals surface area (Å²) in [6.07, 6.45) is 0. The Bertz CT molecular complexity index is 547. The topological polar surface area (TPSA) is 59.3 Å². The van der Waals surface area contributed by atoms with E-state index in [1.165, 1.54) is 0 Å². The van der Waals surface area contributed by atoms with Gasteiger partial charge in [-0.1, -0.05) is 12.1 Å². The van der Waals surface area contributed by atoms with Gasteiger partial charge in [-0.3, -0.25) is 0 Å². The van der Waals surface area contributed by atoms with Crippen LogP contribution in [0.4, 0.5) is 0 Å². The number of benzene rings is 1. The van der Waals surface area contributed by atoms with E-state index in [9.17, 15) is 0 Å². The second-order valence-electron chi connectivity index (χ2n) is 4.43. The quantitative estimate of drug-likeness (QED) is 0.860. The molecule has 0 unspecified atom stereocenters. The molecule has 19 heavy (non-hydrogen) atoms. The van der Waals surface area contributed by atoms with Gasteiger partial charge in [-0.15, -0.1) is 0 Å². The van der Waals surface area contributed by atoms with Crippen molar-refractivity contribution in [2.24, 2.45) is 7.05 Å². The Morgan fingerprint density at radius 2 is 2.00 bits per heavy atom. The standard InChI is InChI=1S/C14H19N3O2/c1-10-13(8-15-2)14(17(3)16-10)19-12-6-4-11(9-18)5-7-12/h4-7,15,18H,8-9H2,1-3H3. The van der Waals surface area contributed by atoms with E-state index >= 15 is 0 Å². The minimum Gasteiger partial charge on any atom is -0.439 e. The van der Waals surface area contributed by atoms with Gasteiger partial charge in [0.15, 0.2) is 0 Å². The average Bonchev–Trinajstić information content (AvgIpc) is 2.67. The Labute approximate surface area is 112 Å². The van der Waals surface area contributed by atoms with Crippen LogP contribution in [0.1, 0.15) is 16.8 Å². The van der Waals surface area contributed by atoms with Crippen molar-refractivity contribution in [3.8, 4) is 11.6 Å². The van der Waals surface area contributed by atoms with Gasteiger partial charge in [-0.25, -0.2) is 4.68 Å². The first-order valence-electron chi connectivity index (χ1n) is 6.20. The van der Waals surface area contributed by atoms with Crippen molar-refractivity contribution >= 4 is 0 Å². The molecule has 2 N–H and O–H groups in total. The maximum Gasteiger partial charge on any atom is 0.222 e. The summed E-state index contributed by atoms with van der Waals surface area (Å²) in [6.45, 7) is 2.72. The summed E-state index contributed by atoms with van der Waals surface area (Å²) in [5, 5.41) is 16.5. The Balaban J connectivity index is 2.26. The third kappa shape index (κ3) is 2.94. The predicted octanol–water partition coefficient (Wildman–Crippen LogP) is 1.73. The van der Waals surface area contributed by atoms with Gasteiger partial charge in [0, 0.05) is 13.6 Å². The first kappa shape index (κ1) is 13.6. The summed E-state index contributed by atoms with van der Waals surface area (Å²) in [5.74, 6) is 1.47. The molecule has 0 aliphatic heterocycles. The molecule has 0 aliphatic carbocycles. The van der Waals surface area contributed by atoms with Crippen molar-refractivity contribution in [3.05, 3.63) is 41.1 Å². The van der Waals surface area contributed by atoms with Crippen molar-refractivity contribution in [2.75, 3.05) is 7.05 Å². The third-order valence-corrected chi connectivity index (χ3v) is 2.96. The smallest absolute Gasteiger partial charge is 0.222 e. The molecule has 5 nitrogen and oxygen atoms in total. The summed E-state index contributed by atoms with van der Waals surface area (Å²) in [6, 6.07) is 7.38. The Kier molecular flexibility index (Phi) is 4.19. The number of nitrogens with zero attached hydrogens (tertiary/aromatic N) is 2. The molecular weight excluding hydrogens is 242 g/mol. The molecule has 2 aromatic rings. The second kappa shape index (κ2) is 5.86. The van der Waals surface area contributed by atoms with Crippen LogP contribution in [-0.4, -0.2) is 21.9 Å². The second-order valence-corrected chi connectivity index (χ2v) is 4.43. The van der Waals surface area contributed by atoms with E-state index < -0.39 is 0 Å². The van der Waals surface area contributed by atoms with Crippen molar-refractivity contribution in [3.63, 3.8) is 0 Å². The van der Waals surface area contributed by atoms with E-state index in [0.717, 1.165) is 28.5 Å². The lowest BCUT2D eigenvalue weighted by atomic mass is 10.2. The molecule has 5 heteroatoms. The first-order chi connectivity index (χ1) is 9.15. The molecule has 0 radical (unpaired) electrons. The van der Waals surface area contributed by atoms with Crippen LogP contribution >= 0.6 is 0 Å². The number of rotatable bonds is 5. The normalized spacial score (nSPS) is 10.7. The molecule has 0 spiro atoms. The number of nitrogens with one attached hydrogen (secondary N) is 1. The van der Waals surface area contributed by atoms with Crippen molar-refractivity contribution < 1.29 is 9.84 Å². The largest absolute Gasteiger partial charge is 0.439 e. The van der Waals surface area contributed by atoms with Crippen LogP contribution in [0.3, 0.4) is 0 Å². The van der Waals surface area contributed by atoms with Crippen molar-refractivity contribution in [2.45, 2.75) is 20.1 Å². The van der Waals surface area contributed by atoms with Gasteiger partial charge in [0.2, 0.25) is 5.88 Å². The maximum absolute atomic E-state index is 9.02. The molecule has 0 saturated carbocycles. The molecule has 102 valence electrons. The van der Waals surface area contributed by atoms with E-state index in [0.29, 0.717) is 6.54 Å². The molecule has 0 atom stereocenters. The molecule has 0 amide bonds. The lowest BCUT2D eigenvalue weighted by molar-refractivity contribution is 0.281. The summed E-state index contributed by atoms with van der Waals surface area (Å²) >= 11 is 0. The number of hydrogen-bond donors (Lipinski definition) is 2. The Hall–Kier alpha value is -1.85. The minimum absolute atomic E-state index is 0.0378. The highest BCUT2D eigenvalue weighted by Crippen LogP contribution is 2.27. The molecule has 2 rings (SSSR count). The third-order valence-electron chi connectivity index (χ3n) is 2.96. The molecule has 1 heterocycles. The van der Waals surface area contributed by atoms with Crippen molar-refractivity contribution in [1.29, 1.82) is 0 Å². The molecule has 0 saturated heterocycles. The maximum atomic E-state index is 9.02. The number of aliphatic hydroxyl groups is 1. The van der Waals surface area contributed by atoms with E-state index in [4.69, 9.17) is 9.84 Å². The number of aliphatic hydroxyl groups excluding tert-OH is 1. The van der Waals surface area contributed by atoms with Crippen LogP contribution in [0, 0.1) is 6.92 Å². The molecule has 1 aromatic heterocycles. The van der Waals surface area contributed by atoms with Crippen molar-refractivity contribution in [1.82, 2.24) is 15.1 Å². The summed E-state index contributed by atoms with van der Waals surface area (Å²) in [7, 11) is 3.76. The highest BCUT2D eigenvalue weighted by atomic mass is 16.5. The first-order valence-corrected chi connectivity index (χ1v) is 6.20. The van der Waals surface area contributed by atoms with Gasteiger partial charge in [-0.2, -0.15) is 5.10 Å². The zero-order chi connectivity index (χ0) is 13.8. The van der Waals surface area contributed by atoms with Crippen LogP contribution in [0.25, 0.3) is 0 Å². The van der Waals surface area contributed by atoms with Gasteiger partial charge >= 0.3 is 0 Å². The van der Waals surface area contributed by atoms with Crippen LogP contribution in [0.2, 0.25) is 0 Å². The highest BCUT2D eigenvalue weighted by molar-refractivity contribution is 5.36. The lowest BCUT2D eigenvalue weighted by Gasteiger charge is -2.09. The van der Waals surface area contributed by atoms with Crippen LogP contribution in [0.5, 0.6) is 11.6 Å². The number of aryl methyl sites for hydroxylation is 2. The molecule has 0 bridgehead atoms. The monoisotopic (exact) mass is 261 g/mol. The van der Waals surface area contributed by atoms with Crippen LogP contribution < -0.4 is 10.1 Å². The summed E-state index contributed by atoms with van der Waals surface area (Å²) in [5.41, 5.74) is 2.87. The summed E-state index contributed by atoms with van der Waals surface area (Å²) < 4.78 is 7.63. The predicted molar refractivity (Wildman–Crippen MR) is 73.1 cm³/mol. The van der Waals surface area contributed by atoms with E-state index in [2.05, 4.69) is 10.4 Å². The van der Waals surface area contributed by atoms with E-state index in [1.807, 2.05) is 45.3 Å². The molecule has 1 aromatic carbocycles. The van der Waals surface area contributed by atoms with Crippen LogP contribution in [-0.2, 0) is 20.2 Å². The zero-order valence-corrected chi connectivity index (χ0v) is 11.5. The average molecular weight is 261 g/mol. The fourth-order valence-electron chi connectivity index (χ4n) is 1.96. The van der Waals surface area contributed by atoms with Crippen LogP contribution in [0.15, 0.2) is 24.3 Å². The Morgan fingerprint density at radius 1 is 1.32 bits per heavy atom. The van der Waals surface area contributed by atoms with Gasteiger partial charge in [0.05, 0.1) is 17.9 Å². The van der Waals surface area contributed by atoms with Gasteiger partial charge in [0.25, 0.3) is 0 Å². The van der Waals surface area contributed by atoms with Gasteiger partial charge in [-0.05, 0) is 31.7 Å². The fraction of sp³-hybridized carbons (Fsp3) is 0.357. The fourth-order valence-corrected chi connectivity index (χ4v) is 1.96. The minimum atomic E-state index is 0.0378. The lowest BCUT2D eigenvalue weighted by Crippen LogP contribution is -2.07. The molecule has 0 fully saturated rings. The number of aromatic nitrogens is 2. The molecular formula is C14H19N3O2. The highest BCUT2D eigenvalue weighted by Gasteiger charge is 2.14. The number of ether oxygens (including phenoxy) is 1. The summed E-state index contributed by atoms with van der Waals surface area (Å²) in [4.78, 5) is 0. The Morgan fingerprint density at radius 3 is 2.58 bits per heavy atom. The van der Waals surface area contributed by atoms with E-state index in [1.54, 1.807) is 4.68 Å². The van der Waals surface area contributed by atoms with E-state index in [-0.39, 0.29) is 6.61 Å². The van der Waals surface area contributed by atoms with Gasteiger partial charge < -0.3 is 15.2 Å². The van der Waals surface area contributed by atoms with Gasteiger partial charge in [0.1, 0.15) is 5.75 Å². The molecule has 0 aliphatic rings.